The number of amides is 1. The molecule has 1 saturated heterocycles. The van der Waals surface area contributed by atoms with E-state index in [0.717, 1.165) is 26.2 Å². The molecule has 4 nitrogen and oxygen atoms in total. The first-order chi connectivity index (χ1) is 6.79. The van der Waals surface area contributed by atoms with E-state index < -0.39 is 0 Å². The fraction of sp³-hybridized carbons (Fsp3) is 0.900. The van der Waals surface area contributed by atoms with E-state index in [-0.39, 0.29) is 5.91 Å². The largest absolute Gasteiger partial charge is 0.355 e. The molecule has 1 amide bonds. The molecule has 0 unspecified atom stereocenters. The molecule has 0 aliphatic carbocycles. The van der Waals surface area contributed by atoms with Crippen molar-refractivity contribution in [1.29, 1.82) is 0 Å². The van der Waals surface area contributed by atoms with Gasteiger partial charge in [0, 0.05) is 33.1 Å². The molecule has 4 heteroatoms. The van der Waals surface area contributed by atoms with Crippen molar-refractivity contribution in [3.63, 3.8) is 0 Å². The predicted octanol–water partition coefficient (Wildman–Crippen LogP) is -0.192. The Hall–Kier alpha value is -0.610. The molecular weight excluding hydrogens is 178 g/mol. The standard InChI is InChI=1S/C10H21N3O/c1-10(14)12-5-4-11-6-9-13-7-2-3-8-13/h11H,2-9H2,1H3,(H,12,14). The van der Waals surface area contributed by atoms with E-state index in [4.69, 9.17) is 0 Å². The summed E-state index contributed by atoms with van der Waals surface area (Å²) in [7, 11) is 0. The molecule has 14 heavy (non-hydrogen) atoms. The van der Waals surface area contributed by atoms with Gasteiger partial charge in [0.1, 0.15) is 0 Å². The maximum Gasteiger partial charge on any atom is 0.216 e. The first kappa shape index (κ1) is 11.5. The molecule has 0 radical (unpaired) electrons. The van der Waals surface area contributed by atoms with Crippen LogP contribution in [0.1, 0.15) is 19.8 Å². The lowest BCUT2D eigenvalue weighted by Crippen LogP contribution is -2.35. The van der Waals surface area contributed by atoms with E-state index in [0.29, 0.717) is 0 Å². The molecule has 82 valence electrons. The Morgan fingerprint density at radius 1 is 1.21 bits per heavy atom. The van der Waals surface area contributed by atoms with Crippen LogP contribution in [0.5, 0.6) is 0 Å². The normalized spacial score (nSPS) is 17.2. The van der Waals surface area contributed by atoms with Gasteiger partial charge >= 0.3 is 0 Å². The van der Waals surface area contributed by atoms with Crippen LogP contribution < -0.4 is 10.6 Å². The van der Waals surface area contributed by atoms with Gasteiger partial charge in [-0.05, 0) is 25.9 Å². The lowest BCUT2D eigenvalue weighted by molar-refractivity contribution is -0.118. The first-order valence-corrected chi connectivity index (χ1v) is 5.46. The minimum atomic E-state index is 0.0475. The molecule has 0 atom stereocenters. The zero-order valence-electron chi connectivity index (χ0n) is 9.01. The van der Waals surface area contributed by atoms with Gasteiger partial charge in [0.05, 0.1) is 0 Å². The molecule has 1 fully saturated rings. The molecule has 0 saturated carbocycles. The van der Waals surface area contributed by atoms with Crippen molar-refractivity contribution in [2.75, 3.05) is 39.3 Å². The van der Waals surface area contributed by atoms with Gasteiger partial charge in [0.15, 0.2) is 0 Å². The van der Waals surface area contributed by atoms with Crippen LogP contribution in [0.15, 0.2) is 0 Å². The number of nitrogens with zero attached hydrogens (tertiary/aromatic N) is 1. The van der Waals surface area contributed by atoms with E-state index in [2.05, 4.69) is 15.5 Å². The van der Waals surface area contributed by atoms with Crippen LogP contribution in [0.4, 0.5) is 0 Å². The van der Waals surface area contributed by atoms with Gasteiger partial charge < -0.3 is 15.5 Å². The van der Waals surface area contributed by atoms with Crippen molar-refractivity contribution in [2.45, 2.75) is 19.8 Å². The van der Waals surface area contributed by atoms with E-state index in [1.165, 1.54) is 25.9 Å². The summed E-state index contributed by atoms with van der Waals surface area (Å²) < 4.78 is 0. The third-order valence-corrected chi connectivity index (χ3v) is 2.48. The van der Waals surface area contributed by atoms with Crippen LogP contribution in [0.25, 0.3) is 0 Å². The Bertz CT molecular complexity index is 167. The van der Waals surface area contributed by atoms with Crippen LogP contribution in [0.2, 0.25) is 0 Å². The van der Waals surface area contributed by atoms with Gasteiger partial charge in [-0.3, -0.25) is 4.79 Å². The zero-order valence-corrected chi connectivity index (χ0v) is 9.01. The number of likely N-dealkylation sites (tertiary alicyclic amines) is 1. The monoisotopic (exact) mass is 199 g/mol. The first-order valence-electron chi connectivity index (χ1n) is 5.46. The van der Waals surface area contributed by atoms with E-state index in [9.17, 15) is 4.79 Å². The SMILES string of the molecule is CC(=O)NCCNCCN1CCCC1. The average Bonchev–Trinajstić information content (AvgIpc) is 2.63. The highest BCUT2D eigenvalue weighted by atomic mass is 16.1. The zero-order chi connectivity index (χ0) is 10.2. The molecular formula is C10H21N3O. The van der Waals surface area contributed by atoms with Gasteiger partial charge in [-0.1, -0.05) is 0 Å². The van der Waals surface area contributed by atoms with Crippen molar-refractivity contribution in [2.24, 2.45) is 0 Å². The summed E-state index contributed by atoms with van der Waals surface area (Å²) in [5.74, 6) is 0.0475. The summed E-state index contributed by atoms with van der Waals surface area (Å²) in [6.45, 7) is 7.83. The number of hydrogen-bond donors (Lipinski definition) is 2. The number of hydrogen-bond acceptors (Lipinski definition) is 3. The third-order valence-electron chi connectivity index (χ3n) is 2.48. The Balaban J connectivity index is 1.82. The Kier molecular flexibility index (Phi) is 5.56. The highest BCUT2D eigenvalue weighted by Gasteiger charge is 2.09. The molecule has 0 spiro atoms. The molecule has 1 rings (SSSR count). The maximum atomic E-state index is 10.5. The molecule has 1 aliphatic heterocycles. The van der Waals surface area contributed by atoms with Crippen molar-refractivity contribution in [1.82, 2.24) is 15.5 Å². The van der Waals surface area contributed by atoms with Crippen LogP contribution in [-0.2, 0) is 4.79 Å². The lowest BCUT2D eigenvalue weighted by Gasteiger charge is -2.14. The van der Waals surface area contributed by atoms with Gasteiger partial charge in [-0.2, -0.15) is 0 Å². The summed E-state index contributed by atoms with van der Waals surface area (Å²) in [6, 6.07) is 0. The van der Waals surface area contributed by atoms with Crippen LogP contribution in [-0.4, -0.2) is 50.1 Å². The van der Waals surface area contributed by atoms with E-state index in [1.807, 2.05) is 0 Å². The highest BCUT2D eigenvalue weighted by molar-refractivity contribution is 5.72. The quantitative estimate of drug-likeness (QED) is 0.583. The molecule has 2 N–H and O–H groups in total. The molecule has 0 aromatic carbocycles. The second-order valence-electron chi connectivity index (χ2n) is 3.78. The summed E-state index contributed by atoms with van der Waals surface area (Å²) in [4.78, 5) is 13.0. The van der Waals surface area contributed by atoms with Crippen LogP contribution in [0, 0.1) is 0 Å². The van der Waals surface area contributed by atoms with Crippen molar-refractivity contribution >= 4 is 5.91 Å². The van der Waals surface area contributed by atoms with Gasteiger partial charge in [0.25, 0.3) is 0 Å². The summed E-state index contributed by atoms with van der Waals surface area (Å²) in [6.07, 6.45) is 2.71. The smallest absolute Gasteiger partial charge is 0.216 e. The summed E-state index contributed by atoms with van der Waals surface area (Å²) >= 11 is 0. The topological polar surface area (TPSA) is 44.4 Å². The van der Waals surface area contributed by atoms with E-state index in [1.54, 1.807) is 6.92 Å². The second-order valence-corrected chi connectivity index (χ2v) is 3.78. The molecule has 0 aromatic heterocycles. The summed E-state index contributed by atoms with van der Waals surface area (Å²) in [5, 5.41) is 6.07. The van der Waals surface area contributed by atoms with Gasteiger partial charge in [-0.25, -0.2) is 0 Å². The Labute approximate surface area is 86.0 Å². The molecule has 0 bridgehead atoms. The molecule has 0 aromatic rings. The van der Waals surface area contributed by atoms with Crippen LogP contribution >= 0.6 is 0 Å². The third kappa shape index (κ3) is 5.19. The minimum Gasteiger partial charge on any atom is -0.355 e. The molecule has 1 aliphatic rings. The lowest BCUT2D eigenvalue weighted by atomic mass is 10.4. The fourth-order valence-electron chi connectivity index (χ4n) is 1.70. The van der Waals surface area contributed by atoms with E-state index >= 15 is 0 Å². The number of carbonyl (C=O) groups is 1. The Morgan fingerprint density at radius 3 is 2.57 bits per heavy atom. The predicted molar refractivity (Wildman–Crippen MR) is 57.2 cm³/mol. The van der Waals surface area contributed by atoms with Crippen molar-refractivity contribution in [3.05, 3.63) is 0 Å². The number of nitrogens with one attached hydrogen (secondary N) is 2. The summed E-state index contributed by atoms with van der Waals surface area (Å²) in [5.41, 5.74) is 0. The fourth-order valence-corrected chi connectivity index (χ4v) is 1.70. The molecule has 1 heterocycles. The average molecular weight is 199 g/mol. The van der Waals surface area contributed by atoms with Gasteiger partial charge in [0.2, 0.25) is 5.91 Å². The Morgan fingerprint density at radius 2 is 1.93 bits per heavy atom. The second kappa shape index (κ2) is 6.79. The minimum absolute atomic E-state index is 0.0475. The van der Waals surface area contributed by atoms with Gasteiger partial charge in [-0.15, -0.1) is 0 Å². The van der Waals surface area contributed by atoms with Crippen molar-refractivity contribution < 1.29 is 4.79 Å². The maximum absolute atomic E-state index is 10.5. The van der Waals surface area contributed by atoms with Crippen molar-refractivity contribution in [3.8, 4) is 0 Å². The number of rotatable bonds is 6. The highest BCUT2D eigenvalue weighted by Crippen LogP contribution is 2.05. The number of carbonyl (C=O) groups excluding carboxylic acids is 1. The van der Waals surface area contributed by atoms with Crippen LogP contribution in [0.3, 0.4) is 0 Å².